The predicted octanol–water partition coefficient (Wildman–Crippen LogP) is 2.46. The van der Waals surface area contributed by atoms with Gasteiger partial charge in [0.25, 0.3) is 0 Å². The van der Waals surface area contributed by atoms with E-state index in [1.165, 1.54) is 0 Å². The molecule has 1 aliphatic heterocycles. The number of piperidine rings is 1. The van der Waals surface area contributed by atoms with Crippen LogP contribution in [-0.2, 0) is 0 Å². The number of hydrogen-bond acceptors (Lipinski definition) is 7. The molecule has 0 aromatic carbocycles. The fourth-order valence-corrected chi connectivity index (χ4v) is 2.97. The van der Waals surface area contributed by atoms with Crippen molar-refractivity contribution < 1.29 is 9.52 Å². The van der Waals surface area contributed by atoms with E-state index in [1.807, 2.05) is 19.1 Å². The highest BCUT2D eigenvalue weighted by atomic mass is 16.3. The van der Waals surface area contributed by atoms with E-state index in [9.17, 15) is 5.11 Å². The number of aromatic nitrogens is 4. The Labute approximate surface area is 145 Å². The van der Waals surface area contributed by atoms with Crippen LogP contribution in [0.2, 0.25) is 0 Å². The van der Waals surface area contributed by atoms with Crippen LogP contribution in [0.15, 0.2) is 41.3 Å². The summed E-state index contributed by atoms with van der Waals surface area (Å²) in [5, 5.41) is 9.70. The summed E-state index contributed by atoms with van der Waals surface area (Å²) in [5.74, 6) is 2.14. The van der Waals surface area contributed by atoms with E-state index in [1.54, 1.807) is 24.8 Å². The van der Waals surface area contributed by atoms with Gasteiger partial charge in [0.2, 0.25) is 5.95 Å². The summed E-state index contributed by atoms with van der Waals surface area (Å²) < 4.78 is 5.79. The van der Waals surface area contributed by atoms with Crippen molar-refractivity contribution >= 4 is 5.95 Å². The zero-order chi connectivity index (χ0) is 17.2. The van der Waals surface area contributed by atoms with Gasteiger partial charge in [0.1, 0.15) is 11.5 Å². The first-order valence-corrected chi connectivity index (χ1v) is 8.34. The van der Waals surface area contributed by atoms with Gasteiger partial charge in [0, 0.05) is 37.2 Å². The lowest BCUT2D eigenvalue weighted by Gasteiger charge is -2.29. The number of aryl methyl sites for hydroxylation is 1. The fourth-order valence-electron chi connectivity index (χ4n) is 2.97. The minimum absolute atomic E-state index is 0.234. The lowest BCUT2D eigenvalue weighted by molar-refractivity contribution is 0.145. The standard InChI is InChI=1S/C18H19N5O2/c1-12-2-3-16(25-12)17-14(15-11-19-6-7-20-15)10-21-18(22-17)23-8-4-13(24)5-9-23/h2-3,6-7,10-11,13,24H,4-5,8-9H2,1H3. The second-order valence-corrected chi connectivity index (χ2v) is 6.15. The molecule has 1 N–H and O–H groups in total. The maximum absolute atomic E-state index is 9.70. The molecule has 0 amide bonds. The molecule has 4 rings (SSSR count). The highest BCUT2D eigenvalue weighted by Crippen LogP contribution is 2.31. The van der Waals surface area contributed by atoms with Gasteiger partial charge in [-0.1, -0.05) is 0 Å². The summed E-state index contributed by atoms with van der Waals surface area (Å²) in [6.45, 7) is 3.38. The van der Waals surface area contributed by atoms with Crippen molar-refractivity contribution in [3.63, 3.8) is 0 Å². The third-order valence-corrected chi connectivity index (χ3v) is 4.34. The minimum Gasteiger partial charge on any atom is -0.460 e. The number of rotatable bonds is 3. The summed E-state index contributed by atoms with van der Waals surface area (Å²) in [7, 11) is 0. The Morgan fingerprint density at radius 1 is 1.12 bits per heavy atom. The molecule has 25 heavy (non-hydrogen) atoms. The molecule has 1 fully saturated rings. The molecule has 0 bridgehead atoms. The van der Waals surface area contributed by atoms with Gasteiger partial charge in [-0.3, -0.25) is 9.97 Å². The lowest BCUT2D eigenvalue weighted by atomic mass is 10.1. The van der Waals surface area contributed by atoms with E-state index in [-0.39, 0.29) is 6.10 Å². The molecule has 0 atom stereocenters. The van der Waals surface area contributed by atoms with Crippen molar-refractivity contribution in [1.82, 2.24) is 19.9 Å². The zero-order valence-corrected chi connectivity index (χ0v) is 14.0. The molecule has 0 saturated carbocycles. The van der Waals surface area contributed by atoms with Crippen molar-refractivity contribution in [2.45, 2.75) is 25.9 Å². The molecule has 7 nitrogen and oxygen atoms in total. The largest absolute Gasteiger partial charge is 0.460 e. The van der Waals surface area contributed by atoms with E-state index in [0.29, 0.717) is 23.1 Å². The van der Waals surface area contributed by atoms with E-state index < -0.39 is 0 Å². The molecule has 1 aliphatic rings. The van der Waals surface area contributed by atoms with E-state index in [2.05, 4.69) is 19.9 Å². The highest BCUT2D eigenvalue weighted by molar-refractivity contribution is 5.76. The molecule has 128 valence electrons. The van der Waals surface area contributed by atoms with Crippen LogP contribution in [0.5, 0.6) is 0 Å². The summed E-state index contributed by atoms with van der Waals surface area (Å²) in [5.41, 5.74) is 2.18. The quantitative estimate of drug-likeness (QED) is 0.785. The SMILES string of the molecule is Cc1ccc(-c2nc(N3CCC(O)CC3)ncc2-c2cnccn2)o1. The van der Waals surface area contributed by atoms with Crippen LogP contribution in [0, 0.1) is 6.92 Å². The third-order valence-electron chi connectivity index (χ3n) is 4.34. The Morgan fingerprint density at radius 3 is 2.64 bits per heavy atom. The normalized spacial score (nSPS) is 15.5. The van der Waals surface area contributed by atoms with Gasteiger partial charge < -0.3 is 14.4 Å². The van der Waals surface area contributed by atoms with Crippen molar-refractivity contribution in [1.29, 1.82) is 0 Å². The van der Waals surface area contributed by atoms with Gasteiger partial charge >= 0.3 is 0 Å². The topological polar surface area (TPSA) is 88.2 Å². The summed E-state index contributed by atoms with van der Waals surface area (Å²) in [6.07, 6.45) is 7.96. The van der Waals surface area contributed by atoms with E-state index >= 15 is 0 Å². The number of anilines is 1. The Bertz CT molecular complexity index is 857. The summed E-state index contributed by atoms with van der Waals surface area (Å²) >= 11 is 0. The minimum atomic E-state index is -0.234. The van der Waals surface area contributed by atoms with Gasteiger partial charge in [0.15, 0.2) is 5.76 Å². The van der Waals surface area contributed by atoms with E-state index in [0.717, 1.165) is 37.3 Å². The predicted molar refractivity (Wildman–Crippen MR) is 93.0 cm³/mol. The first kappa shape index (κ1) is 15.7. The summed E-state index contributed by atoms with van der Waals surface area (Å²) in [6, 6.07) is 3.82. The Morgan fingerprint density at radius 2 is 1.96 bits per heavy atom. The van der Waals surface area contributed by atoms with Crippen molar-refractivity contribution in [3.8, 4) is 22.7 Å². The Kier molecular flexibility index (Phi) is 4.15. The van der Waals surface area contributed by atoms with E-state index in [4.69, 9.17) is 9.40 Å². The second kappa shape index (κ2) is 6.60. The first-order chi connectivity index (χ1) is 12.2. The number of furan rings is 1. The van der Waals surface area contributed by atoms with Crippen LogP contribution >= 0.6 is 0 Å². The molecule has 3 aromatic rings. The molecular weight excluding hydrogens is 318 g/mol. The van der Waals surface area contributed by atoms with Gasteiger partial charge in [-0.2, -0.15) is 0 Å². The van der Waals surface area contributed by atoms with Crippen LogP contribution in [0.4, 0.5) is 5.95 Å². The maximum atomic E-state index is 9.70. The van der Waals surface area contributed by atoms with Gasteiger partial charge in [-0.25, -0.2) is 9.97 Å². The highest BCUT2D eigenvalue weighted by Gasteiger charge is 2.22. The van der Waals surface area contributed by atoms with Gasteiger partial charge in [0.05, 0.1) is 18.0 Å². The molecular formula is C18H19N5O2. The van der Waals surface area contributed by atoms with Crippen LogP contribution < -0.4 is 4.90 Å². The molecule has 3 aromatic heterocycles. The average Bonchev–Trinajstić information content (AvgIpc) is 3.09. The zero-order valence-electron chi connectivity index (χ0n) is 14.0. The van der Waals surface area contributed by atoms with Crippen LogP contribution in [0.25, 0.3) is 22.7 Å². The first-order valence-electron chi connectivity index (χ1n) is 8.34. The summed E-state index contributed by atoms with van der Waals surface area (Å²) in [4.78, 5) is 19.9. The van der Waals surface area contributed by atoms with Crippen molar-refractivity contribution in [2.24, 2.45) is 0 Å². The molecule has 4 heterocycles. The lowest BCUT2D eigenvalue weighted by Crippen LogP contribution is -2.36. The average molecular weight is 337 g/mol. The van der Waals surface area contributed by atoms with Crippen molar-refractivity contribution in [3.05, 3.63) is 42.7 Å². The number of nitrogens with zero attached hydrogens (tertiary/aromatic N) is 5. The van der Waals surface area contributed by atoms with Crippen LogP contribution in [-0.4, -0.2) is 44.2 Å². The maximum Gasteiger partial charge on any atom is 0.226 e. The van der Waals surface area contributed by atoms with Crippen molar-refractivity contribution in [2.75, 3.05) is 18.0 Å². The second-order valence-electron chi connectivity index (χ2n) is 6.15. The fraction of sp³-hybridized carbons (Fsp3) is 0.333. The molecule has 7 heteroatoms. The molecule has 0 radical (unpaired) electrons. The molecule has 0 unspecified atom stereocenters. The molecule has 0 aliphatic carbocycles. The monoisotopic (exact) mass is 337 g/mol. The number of aliphatic hydroxyl groups is 1. The smallest absolute Gasteiger partial charge is 0.226 e. The number of aliphatic hydroxyl groups excluding tert-OH is 1. The van der Waals surface area contributed by atoms with Gasteiger partial charge in [-0.05, 0) is 31.9 Å². The van der Waals surface area contributed by atoms with Crippen LogP contribution in [0.3, 0.4) is 0 Å². The molecule has 1 saturated heterocycles. The Balaban J connectivity index is 1.77. The van der Waals surface area contributed by atoms with Crippen LogP contribution in [0.1, 0.15) is 18.6 Å². The Hall–Kier alpha value is -2.80. The van der Waals surface area contributed by atoms with Gasteiger partial charge in [-0.15, -0.1) is 0 Å². The molecule has 0 spiro atoms. The third kappa shape index (κ3) is 3.23. The number of hydrogen-bond donors (Lipinski definition) is 1.